The molecule has 1 aliphatic rings. The van der Waals surface area contributed by atoms with Gasteiger partial charge in [-0.2, -0.15) is 0 Å². The first-order valence-electron chi connectivity index (χ1n) is 7.10. The van der Waals surface area contributed by atoms with E-state index in [0.717, 1.165) is 42.9 Å². The average molecular weight is 269 g/mol. The summed E-state index contributed by atoms with van der Waals surface area (Å²) in [5, 5.41) is 3.36. The fourth-order valence-electron chi connectivity index (χ4n) is 2.41. The van der Waals surface area contributed by atoms with Crippen molar-refractivity contribution in [1.82, 2.24) is 15.3 Å². The van der Waals surface area contributed by atoms with Gasteiger partial charge in [-0.05, 0) is 12.5 Å². The molecule has 0 unspecified atom stereocenters. The number of nitrogens with one attached hydrogen (secondary N) is 1. The zero-order chi connectivity index (χ0) is 13.8. The fourth-order valence-corrected chi connectivity index (χ4v) is 2.41. The Kier molecular flexibility index (Phi) is 3.92. The quantitative estimate of drug-likeness (QED) is 0.929. The highest BCUT2D eigenvalue weighted by Crippen LogP contribution is 2.20. The van der Waals surface area contributed by atoms with Gasteiger partial charge < -0.3 is 10.1 Å². The second-order valence-electron chi connectivity index (χ2n) is 5.02. The molecule has 1 N–H and O–H groups in total. The molecular weight excluding hydrogens is 250 g/mol. The zero-order valence-corrected chi connectivity index (χ0v) is 11.7. The first-order chi connectivity index (χ1) is 9.83. The van der Waals surface area contributed by atoms with E-state index in [1.165, 1.54) is 0 Å². The summed E-state index contributed by atoms with van der Waals surface area (Å²) < 4.78 is 5.91. The van der Waals surface area contributed by atoms with Crippen LogP contribution in [0.15, 0.2) is 36.5 Å². The maximum atomic E-state index is 5.91. The molecule has 0 spiro atoms. The minimum absolute atomic E-state index is 0.0209. The Labute approximate surface area is 119 Å². The number of aromatic nitrogens is 2. The number of rotatable bonds is 3. The van der Waals surface area contributed by atoms with E-state index in [4.69, 9.17) is 4.74 Å². The fraction of sp³-hybridized carbons (Fsp3) is 0.375. The van der Waals surface area contributed by atoms with Crippen LogP contribution in [-0.2, 0) is 12.8 Å². The summed E-state index contributed by atoms with van der Waals surface area (Å²) in [6.07, 6.45) is 3.58. The largest absolute Gasteiger partial charge is 0.469 e. The van der Waals surface area contributed by atoms with E-state index >= 15 is 0 Å². The molecule has 1 aromatic heterocycles. The molecular formula is C16H19N3O. The molecule has 0 amide bonds. The topological polar surface area (TPSA) is 47.0 Å². The first-order valence-corrected chi connectivity index (χ1v) is 7.10. The summed E-state index contributed by atoms with van der Waals surface area (Å²) in [5.41, 5.74) is 3.30. The minimum atomic E-state index is -0.0209. The van der Waals surface area contributed by atoms with Crippen LogP contribution in [0.5, 0.6) is 5.88 Å². The SMILES string of the molecule is C[C@H](Oc1cnc2c(n1)CCNCC2)c1ccccc1. The van der Waals surface area contributed by atoms with Crippen LogP contribution in [0.2, 0.25) is 0 Å². The van der Waals surface area contributed by atoms with Crippen molar-refractivity contribution in [3.8, 4) is 5.88 Å². The van der Waals surface area contributed by atoms with Gasteiger partial charge in [0, 0.05) is 25.9 Å². The smallest absolute Gasteiger partial charge is 0.233 e. The third-order valence-electron chi connectivity index (χ3n) is 3.55. The molecule has 0 aliphatic carbocycles. The van der Waals surface area contributed by atoms with Crippen molar-refractivity contribution in [3.05, 3.63) is 53.5 Å². The van der Waals surface area contributed by atoms with E-state index in [1.807, 2.05) is 25.1 Å². The molecule has 1 aliphatic heterocycles. The second-order valence-corrected chi connectivity index (χ2v) is 5.02. The molecule has 104 valence electrons. The lowest BCUT2D eigenvalue weighted by Crippen LogP contribution is -2.16. The van der Waals surface area contributed by atoms with Gasteiger partial charge in [-0.1, -0.05) is 30.3 Å². The van der Waals surface area contributed by atoms with E-state index in [9.17, 15) is 0 Å². The lowest BCUT2D eigenvalue weighted by Gasteiger charge is -2.15. The maximum absolute atomic E-state index is 5.91. The van der Waals surface area contributed by atoms with Gasteiger partial charge in [0.15, 0.2) is 0 Å². The van der Waals surface area contributed by atoms with Crippen molar-refractivity contribution in [2.75, 3.05) is 13.1 Å². The third-order valence-corrected chi connectivity index (χ3v) is 3.55. The van der Waals surface area contributed by atoms with Crippen molar-refractivity contribution in [3.63, 3.8) is 0 Å². The van der Waals surface area contributed by atoms with Crippen LogP contribution in [0.25, 0.3) is 0 Å². The van der Waals surface area contributed by atoms with Gasteiger partial charge >= 0.3 is 0 Å². The molecule has 2 aromatic rings. The van der Waals surface area contributed by atoms with E-state index in [1.54, 1.807) is 6.20 Å². The van der Waals surface area contributed by atoms with Gasteiger partial charge in [-0.15, -0.1) is 0 Å². The van der Waals surface area contributed by atoms with E-state index in [-0.39, 0.29) is 6.10 Å². The molecule has 0 saturated heterocycles. The van der Waals surface area contributed by atoms with Gasteiger partial charge in [0.2, 0.25) is 5.88 Å². The first kappa shape index (κ1) is 13.1. The predicted molar refractivity (Wildman–Crippen MR) is 77.8 cm³/mol. The molecule has 4 heteroatoms. The Morgan fingerprint density at radius 1 is 1.10 bits per heavy atom. The Bertz CT molecular complexity index is 571. The molecule has 0 saturated carbocycles. The molecule has 0 bridgehead atoms. The third kappa shape index (κ3) is 2.96. The Morgan fingerprint density at radius 2 is 1.85 bits per heavy atom. The average Bonchev–Trinajstić information content (AvgIpc) is 2.73. The van der Waals surface area contributed by atoms with E-state index < -0.39 is 0 Å². The van der Waals surface area contributed by atoms with Crippen LogP contribution in [0.4, 0.5) is 0 Å². The summed E-state index contributed by atoms with van der Waals surface area (Å²) in [5.74, 6) is 0.613. The molecule has 0 radical (unpaired) electrons. The van der Waals surface area contributed by atoms with Crippen LogP contribution in [0, 0.1) is 0 Å². The number of benzene rings is 1. The maximum Gasteiger partial charge on any atom is 0.233 e. The summed E-state index contributed by atoms with van der Waals surface area (Å²) >= 11 is 0. The molecule has 1 aromatic carbocycles. The Morgan fingerprint density at radius 3 is 2.65 bits per heavy atom. The molecule has 2 heterocycles. The van der Waals surface area contributed by atoms with Crippen molar-refractivity contribution < 1.29 is 4.74 Å². The van der Waals surface area contributed by atoms with Gasteiger partial charge in [0.25, 0.3) is 0 Å². The van der Waals surface area contributed by atoms with Gasteiger partial charge in [0.05, 0.1) is 17.6 Å². The standard InChI is InChI=1S/C16H19N3O/c1-12(13-5-3-2-4-6-13)20-16-11-18-14-7-9-17-10-8-15(14)19-16/h2-6,11-12,17H,7-10H2,1H3/t12-/m0/s1. The van der Waals surface area contributed by atoms with E-state index in [2.05, 4.69) is 27.4 Å². The highest BCUT2D eigenvalue weighted by molar-refractivity contribution is 5.21. The van der Waals surface area contributed by atoms with Gasteiger partial charge in [-0.25, -0.2) is 4.98 Å². The van der Waals surface area contributed by atoms with Gasteiger partial charge in [0.1, 0.15) is 6.10 Å². The lowest BCUT2D eigenvalue weighted by molar-refractivity contribution is 0.215. The molecule has 20 heavy (non-hydrogen) atoms. The van der Waals surface area contributed by atoms with Crippen molar-refractivity contribution in [1.29, 1.82) is 0 Å². The molecule has 3 rings (SSSR count). The van der Waals surface area contributed by atoms with Crippen LogP contribution in [0.1, 0.15) is 30.0 Å². The van der Waals surface area contributed by atoms with Crippen molar-refractivity contribution in [2.45, 2.75) is 25.9 Å². The minimum Gasteiger partial charge on any atom is -0.469 e. The monoisotopic (exact) mass is 269 g/mol. The van der Waals surface area contributed by atoms with Gasteiger partial charge in [-0.3, -0.25) is 4.98 Å². The Hall–Kier alpha value is -1.94. The lowest BCUT2D eigenvalue weighted by atomic mass is 10.1. The molecule has 4 nitrogen and oxygen atoms in total. The number of ether oxygens (including phenoxy) is 1. The highest BCUT2D eigenvalue weighted by Gasteiger charge is 2.13. The molecule has 0 fully saturated rings. The van der Waals surface area contributed by atoms with Crippen LogP contribution in [0.3, 0.4) is 0 Å². The number of fused-ring (bicyclic) bond motifs is 1. The zero-order valence-electron chi connectivity index (χ0n) is 11.7. The summed E-state index contributed by atoms with van der Waals surface area (Å²) in [7, 11) is 0. The van der Waals surface area contributed by atoms with Crippen LogP contribution in [-0.4, -0.2) is 23.1 Å². The number of hydrogen-bond donors (Lipinski definition) is 1. The Balaban J connectivity index is 1.76. The number of hydrogen-bond acceptors (Lipinski definition) is 4. The summed E-state index contributed by atoms with van der Waals surface area (Å²) in [6.45, 7) is 3.96. The van der Waals surface area contributed by atoms with Crippen LogP contribution >= 0.6 is 0 Å². The normalized spacial score (nSPS) is 16.1. The predicted octanol–water partition coefficient (Wildman–Crippen LogP) is 2.30. The highest BCUT2D eigenvalue weighted by atomic mass is 16.5. The molecule has 1 atom stereocenters. The number of nitrogens with zero attached hydrogens (tertiary/aromatic N) is 2. The van der Waals surface area contributed by atoms with Crippen molar-refractivity contribution in [2.24, 2.45) is 0 Å². The second kappa shape index (κ2) is 6.01. The summed E-state index contributed by atoms with van der Waals surface area (Å²) in [4.78, 5) is 9.11. The van der Waals surface area contributed by atoms with Crippen molar-refractivity contribution >= 4 is 0 Å². The summed E-state index contributed by atoms with van der Waals surface area (Å²) in [6, 6.07) is 10.2. The van der Waals surface area contributed by atoms with E-state index in [0.29, 0.717) is 5.88 Å². The van der Waals surface area contributed by atoms with Crippen LogP contribution < -0.4 is 10.1 Å².